The van der Waals surface area contributed by atoms with E-state index < -0.39 is 0 Å². The zero-order valence-corrected chi connectivity index (χ0v) is 19.4. The van der Waals surface area contributed by atoms with Crippen molar-refractivity contribution in [3.63, 3.8) is 0 Å². The molecule has 0 heterocycles. The second-order valence-electron chi connectivity index (χ2n) is 7.84. The van der Waals surface area contributed by atoms with Crippen LogP contribution < -0.4 is 20.7 Å². The summed E-state index contributed by atoms with van der Waals surface area (Å²) in [4.78, 5) is 25.1. The molecule has 0 spiro atoms. The van der Waals surface area contributed by atoms with Gasteiger partial charge in [-0.1, -0.05) is 50.2 Å². The molecule has 3 rings (SSSR count). The molecule has 0 aromatic heterocycles. The van der Waals surface area contributed by atoms with E-state index in [0.717, 1.165) is 6.42 Å². The number of anilines is 2. The molecule has 7 heteroatoms. The maximum Gasteiger partial charge on any atom is 0.261 e. The van der Waals surface area contributed by atoms with Crippen molar-refractivity contribution in [3.8, 4) is 5.75 Å². The number of amides is 2. The molecule has 6 nitrogen and oxygen atoms in total. The third-order valence-corrected chi connectivity index (χ3v) is 4.93. The van der Waals surface area contributed by atoms with Gasteiger partial charge in [0.05, 0.1) is 12.2 Å². The molecule has 0 saturated carbocycles. The van der Waals surface area contributed by atoms with Gasteiger partial charge < -0.3 is 15.4 Å². The number of thiocarbonyl (C=S) groups is 1. The number of benzene rings is 3. The number of para-hydroxylation sites is 1. The lowest BCUT2D eigenvalue weighted by molar-refractivity contribution is 0.0972. The minimum atomic E-state index is -0.360. The first kappa shape index (κ1) is 23.9. The second-order valence-corrected chi connectivity index (χ2v) is 8.24. The maximum atomic E-state index is 12.8. The summed E-state index contributed by atoms with van der Waals surface area (Å²) < 4.78 is 5.79. The molecular weight excluding hydrogens is 434 g/mol. The number of hydrogen-bond donors (Lipinski definition) is 3. The molecule has 2 amide bonds. The average molecular weight is 462 g/mol. The number of carbonyl (C=O) groups is 2. The fraction of sp³-hybridized carbons (Fsp3) is 0.192. The predicted octanol–water partition coefficient (Wildman–Crippen LogP) is 5.49. The van der Waals surface area contributed by atoms with E-state index in [2.05, 4.69) is 29.8 Å². The normalized spacial score (nSPS) is 10.4. The fourth-order valence-electron chi connectivity index (χ4n) is 2.98. The first-order valence-electron chi connectivity index (χ1n) is 10.7. The van der Waals surface area contributed by atoms with E-state index in [0.29, 0.717) is 40.8 Å². The molecule has 0 atom stereocenters. The zero-order valence-electron chi connectivity index (χ0n) is 18.6. The molecule has 0 saturated heterocycles. The zero-order chi connectivity index (χ0) is 23.6. The SMILES string of the molecule is CC(C)CCOc1ccccc1C(=O)NC(=S)Nc1cccc(NC(=O)c2ccccc2)c1. The summed E-state index contributed by atoms with van der Waals surface area (Å²) in [5.74, 6) is 0.457. The minimum Gasteiger partial charge on any atom is -0.493 e. The molecule has 3 aromatic carbocycles. The van der Waals surface area contributed by atoms with Gasteiger partial charge in [0, 0.05) is 16.9 Å². The maximum absolute atomic E-state index is 12.8. The Morgan fingerprint density at radius 2 is 1.52 bits per heavy atom. The van der Waals surface area contributed by atoms with Crippen LogP contribution in [-0.2, 0) is 0 Å². The highest BCUT2D eigenvalue weighted by Crippen LogP contribution is 2.19. The molecule has 3 aromatic rings. The van der Waals surface area contributed by atoms with Crippen molar-refractivity contribution in [2.75, 3.05) is 17.2 Å². The Balaban J connectivity index is 1.59. The Kier molecular flexibility index (Phi) is 8.55. The van der Waals surface area contributed by atoms with Crippen molar-refractivity contribution in [1.82, 2.24) is 5.32 Å². The summed E-state index contributed by atoms with van der Waals surface area (Å²) in [6, 6.07) is 23.1. The Labute approximate surface area is 199 Å². The van der Waals surface area contributed by atoms with Gasteiger partial charge in [-0.3, -0.25) is 14.9 Å². The molecule has 170 valence electrons. The van der Waals surface area contributed by atoms with Crippen LogP contribution in [0.15, 0.2) is 78.9 Å². The highest BCUT2D eigenvalue weighted by Gasteiger charge is 2.14. The average Bonchev–Trinajstić information content (AvgIpc) is 2.80. The van der Waals surface area contributed by atoms with Gasteiger partial charge >= 0.3 is 0 Å². The fourth-order valence-corrected chi connectivity index (χ4v) is 3.20. The van der Waals surface area contributed by atoms with E-state index in [4.69, 9.17) is 17.0 Å². The Morgan fingerprint density at radius 1 is 0.848 bits per heavy atom. The Morgan fingerprint density at radius 3 is 2.24 bits per heavy atom. The second kappa shape index (κ2) is 11.8. The highest BCUT2D eigenvalue weighted by molar-refractivity contribution is 7.80. The van der Waals surface area contributed by atoms with E-state index in [1.165, 1.54) is 0 Å². The lowest BCUT2D eigenvalue weighted by atomic mass is 10.1. The van der Waals surface area contributed by atoms with Crippen molar-refractivity contribution in [1.29, 1.82) is 0 Å². The van der Waals surface area contributed by atoms with Gasteiger partial charge in [0.1, 0.15) is 5.75 Å². The quantitative estimate of drug-likeness (QED) is 0.387. The van der Waals surface area contributed by atoms with E-state index in [1.807, 2.05) is 24.3 Å². The smallest absolute Gasteiger partial charge is 0.261 e. The number of hydrogen-bond acceptors (Lipinski definition) is 4. The van der Waals surface area contributed by atoms with Crippen molar-refractivity contribution in [3.05, 3.63) is 90.0 Å². The molecule has 0 aliphatic heterocycles. The van der Waals surface area contributed by atoms with Crippen LogP contribution in [0.3, 0.4) is 0 Å². The molecular formula is C26H27N3O3S. The Hall–Kier alpha value is -3.71. The van der Waals surface area contributed by atoms with Gasteiger partial charge in [0.2, 0.25) is 0 Å². The number of nitrogens with one attached hydrogen (secondary N) is 3. The van der Waals surface area contributed by atoms with Crippen molar-refractivity contribution in [2.24, 2.45) is 5.92 Å². The van der Waals surface area contributed by atoms with E-state index in [9.17, 15) is 9.59 Å². The molecule has 0 aliphatic rings. The van der Waals surface area contributed by atoms with Crippen LogP contribution in [-0.4, -0.2) is 23.5 Å². The molecule has 0 bridgehead atoms. The van der Waals surface area contributed by atoms with Gasteiger partial charge in [0.15, 0.2) is 5.11 Å². The lowest BCUT2D eigenvalue weighted by Gasteiger charge is -2.14. The van der Waals surface area contributed by atoms with E-state index in [-0.39, 0.29) is 16.9 Å². The number of ether oxygens (including phenoxy) is 1. The van der Waals surface area contributed by atoms with Crippen LogP contribution in [0, 0.1) is 5.92 Å². The van der Waals surface area contributed by atoms with E-state index in [1.54, 1.807) is 54.6 Å². The van der Waals surface area contributed by atoms with Crippen LogP contribution >= 0.6 is 12.2 Å². The van der Waals surface area contributed by atoms with Crippen LogP contribution in [0.5, 0.6) is 5.75 Å². The summed E-state index contributed by atoms with van der Waals surface area (Å²) in [6.07, 6.45) is 0.896. The van der Waals surface area contributed by atoms with Crippen LogP contribution in [0.25, 0.3) is 0 Å². The summed E-state index contributed by atoms with van der Waals surface area (Å²) in [5, 5.41) is 8.65. The minimum absolute atomic E-state index is 0.142. The van der Waals surface area contributed by atoms with E-state index >= 15 is 0 Å². The first-order chi connectivity index (χ1) is 15.9. The first-order valence-corrected chi connectivity index (χ1v) is 11.1. The molecule has 0 aliphatic carbocycles. The molecule has 33 heavy (non-hydrogen) atoms. The van der Waals surface area contributed by atoms with Gasteiger partial charge in [-0.25, -0.2) is 0 Å². The van der Waals surface area contributed by atoms with Gasteiger partial charge in [0.25, 0.3) is 11.8 Å². The summed E-state index contributed by atoms with van der Waals surface area (Å²) in [5.41, 5.74) is 2.21. The molecule has 0 unspecified atom stereocenters. The van der Waals surface area contributed by atoms with Gasteiger partial charge in [-0.2, -0.15) is 0 Å². The Bertz CT molecular complexity index is 1120. The predicted molar refractivity (Wildman–Crippen MR) is 136 cm³/mol. The van der Waals surface area contributed by atoms with Crippen molar-refractivity contribution >= 4 is 40.5 Å². The van der Waals surface area contributed by atoms with Crippen LogP contribution in [0.1, 0.15) is 41.0 Å². The monoisotopic (exact) mass is 461 g/mol. The van der Waals surface area contributed by atoms with Crippen molar-refractivity contribution in [2.45, 2.75) is 20.3 Å². The van der Waals surface area contributed by atoms with Gasteiger partial charge in [-0.05, 0) is 67.0 Å². The molecule has 0 radical (unpaired) electrons. The number of rotatable bonds is 8. The van der Waals surface area contributed by atoms with Gasteiger partial charge in [-0.15, -0.1) is 0 Å². The third-order valence-electron chi connectivity index (χ3n) is 4.73. The lowest BCUT2D eigenvalue weighted by Crippen LogP contribution is -2.34. The number of carbonyl (C=O) groups excluding carboxylic acids is 2. The highest BCUT2D eigenvalue weighted by atomic mass is 32.1. The largest absolute Gasteiger partial charge is 0.493 e. The summed E-state index contributed by atoms with van der Waals surface area (Å²) >= 11 is 5.31. The van der Waals surface area contributed by atoms with Crippen LogP contribution in [0.2, 0.25) is 0 Å². The topological polar surface area (TPSA) is 79.5 Å². The van der Waals surface area contributed by atoms with Crippen LogP contribution in [0.4, 0.5) is 11.4 Å². The standard InChI is InChI=1S/C26H27N3O3S/c1-18(2)15-16-32-23-14-7-6-13-22(23)25(31)29-26(33)28-21-12-8-11-20(17-21)27-24(30)19-9-4-3-5-10-19/h3-14,17-18H,15-16H2,1-2H3,(H,27,30)(H2,28,29,31,33). The van der Waals surface area contributed by atoms with Crippen molar-refractivity contribution < 1.29 is 14.3 Å². The summed E-state index contributed by atoms with van der Waals surface area (Å²) in [7, 11) is 0. The molecule has 3 N–H and O–H groups in total. The third kappa shape index (κ3) is 7.43. The summed E-state index contributed by atoms with van der Waals surface area (Å²) in [6.45, 7) is 4.77. The molecule has 0 fully saturated rings.